The summed E-state index contributed by atoms with van der Waals surface area (Å²) in [5.74, 6) is 0. The van der Waals surface area contributed by atoms with E-state index in [9.17, 15) is 8.42 Å². The van der Waals surface area contributed by atoms with Crippen molar-refractivity contribution in [3.05, 3.63) is 34.9 Å². The number of rotatable bonds is 7. The fourth-order valence-corrected chi connectivity index (χ4v) is 5.43. The second-order valence-electron chi connectivity index (χ2n) is 7.35. The van der Waals surface area contributed by atoms with Gasteiger partial charge in [0.1, 0.15) is 0 Å². The van der Waals surface area contributed by atoms with Crippen LogP contribution in [-0.2, 0) is 14.9 Å². The van der Waals surface area contributed by atoms with E-state index in [1.165, 1.54) is 10.7 Å². The molecule has 2 fully saturated rings. The molecule has 27 heavy (non-hydrogen) atoms. The summed E-state index contributed by atoms with van der Waals surface area (Å²) in [5.41, 5.74) is 0.948. The zero-order valence-electron chi connectivity index (χ0n) is 15.9. The Hall–Kier alpha value is -0.700. The summed E-state index contributed by atoms with van der Waals surface area (Å²) in [6.45, 7) is 3.11. The molecule has 1 saturated heterocycles. The molecule has 1 atom stereocenters. The lowest BCUT2D eigenvalue weighted by Gasteiger charge is -2.36. The van der Waals surface area contributed by atoms with Gasteiger partial charge in [-0.2, -0.15) is 12.7 Å². The predicted octanol–water partition coefficient (Wildman–Crippen LogP) is 2.81. The number of nitrogens with zero attached hydrogens (tertiary/aromatic N) is 2. The highest BCUT2D eigenvalue weighted by Crippen LogP contribution is 2.28. The summed E-state index contributed by atoms with van der Waals surface area (Å²) in [4.78, 5) is 2.24. The van der Waals surface area contributed by atoms with Gasteiger partial charge in [0.2, 0.25) is 0 Å². The Balaban J connectivity index is 1.72. The highest BCUT2D eigenvalue weighted by molar-refractivity contribution is 7.87. The average molecular weight is 416 g/mol. The van der Waals surface area contributed by atoms with Crippen molar-refractivity contribution >= 4 is 21.8 Å². The minimum absolute atomic E-state index is 0.0957. The smallest absolute Gasteiger partial charge is 0.279 e. The first kappa shape index (κ1) is 21.0. The van der Waals surface area contributed by atoms with Gasteiger partial charge in [0.05, 0.1) is 19.3 Å². The Kier molecular flexibility index (Phi) is 7.53. The molecule has 0 aromatic heterocycles. The number of halogens is 1. The number of hydrogen-bond acceptors (Lipinski definition) is 4. The maximum Gasteiger partial charge on any atom is 0.279 e. The number of benzene rings is 1. The van der Waals surface area contributed by atoms with Gasteiger partial charge in [-0.1, -0.05) is 49.1 Å². The van der Waals surface area contributed by atoms with E-state index >= 15 is 0 Å². The van der Waals surface area contributed by atoms with E-state index in [0.29, 0.717) is 24.8 Å². The van der Waals surface area contributed by atoms with Gasteiger partial charge in [-0.25, -0.2) is 4.72 Å². The summed E-state index contributed by atoms with van der Waals surface area (Å²) in [6.07, 6.45) is 5.27. The molecule has 2 aliphatic rings. The first-order valence-corrected chi connectivity index (χ1v) is 11.6. The van der Waals surface area contributed by atoms with E-state index in [2.05, 4.69) is 9.62 Å². The molecule has 1 saturated carbocycles. The van der Waals surface area contributed by atoms with Crippen molar-refractivity contribution < 1.29 is 13.2 Å². The third-order valence-corrected chi connectivity index (χ3v) is 7.61. The molecule has 0 spiro atoms. The SMILES string of the molecule is CN(C1CCCCC1)S(=O)(=O)NC[C@H](c1ccccc1Cl)N1CCOCC1. The quantitative estimate of drug-likeness (QED) is 0.743. The van der Waals surface area contributed by atoms with Gasteiger partial charge in [0.25, 0.3) is 10.2 Å². The molecule has 1 aromatic rings. The molecule has 1 aromatic carbocycles. The monoisotopic (exact) mass is 415 g/mol. The lowest BCUT2D eigenvalue weighted by molar-refractivity contribution is 0.0171. The van der Waals surface area contributed by atoms with Crippen molar-refractivity contribution in [3.8, 4) is 0 Å². The number of nitrogens with one attached hydrogen (secondary N) is 1. The van der Waals surface area contributed by atoms with E-state index in [-0.39, 0.29) is 12.1 Å². The number of morpholine rings is 1. The standard InChI is InChI=1S/C19H30ClN3O3S/c1-22(16-7-3-2-4-8-16)27(24,25)21-15-19(23-11-13-26-14-12-23)17-9-5-6-10-18(17)20/h5-6,9-10,16,19,21H,2-4,7-8,11-15H2,1H3/t19-/m1/s1. The van der Waals surface area contributed by atoms with Gasteiger partial charge in [-0.15, -0.1) is 0 Å². The van der Waals surface area contributed by atoms with Crippen LogP contribution in [0.25, 0.3) is 0 Å². The second-order valence-corrected chi connectivity index (χ2v) is 9.57. The van der Waals surface area contributed by atoms with Crippen LogP contribution in [0.4, 0.5) is 0 Å². The fourth-order valence-electron chi connectivity index (χ4n) is 4.00. The van der Waals surface area contributed by atoms with Crippen LogP contribution in [0, 0.1) is 0 Å². The van der Waals surface area contributed by atoms with Crippen LogP contribution >= 0.6 is 11.6 Å². The van der Waals surface area contributed by atoms with E-state index in [1.807, 2.05) is 24.3 Å². The van der Waals surface area contributed by atoms with Gasteiger partial charge in [-0.05, 0) is 24.5 Å². The van der Waals surface area contributed by atoms with Crippen molar-refractivity contribution in [1.29, 1.82) is 0 Å². The highest BCUT2D eigenvalue weighted by Gasteiger charge is 2.30. The average Bonchev–Trinajstić information content (AvgIpc) is 2.70. The molecule has 1 N–H and O–H groups in total. The molecule has 1 heterocycles. The van der Waals surface area contributed by atoms with Gasteiger partial charge >= 0.3 is 0 Å². The van der Waals surface area contributed by atoms with Crippen molar-refractivity contribution in [2.45, 2.75) is 44.2 Å². The minimum atomic E-state index is -3.53. The molecule has 8 heteroatoms. The largest absolute Gasteiger partial charge is 0.379 e. The van der Waals surface area contributed by atoms with Crippen molar-refractivity contribution in [2.75, 3.05) is 39.9 Å². The molecule has 1 aliphatic heterocycles. The molecule has 1 aliphatic carbocycles. The van der Waals surface area contributed by atoms with Crippen LogP contribution in [-0.4, -0.2) is 63.6 Å². The molecule has 0 unspecified atom stereocenters. The summed E-state index contributed by atoms with van der Waals surface area (Å²) < 4.78 is 35.6. The van der Waals surface area contributed by atoms with Gasteiger partial charge in [0, 0.05) is 37.7 Å². The fraction of sp³-hybridized carbons (Fsp3) is 0.684. The number of ether oxygens (including phenoxy) is 1. The van der Waals surface area contributed by atoms with Crippen molar-refractivity contribution in [3.63, 3.8) is 0 Å². The molecule has 0 bridgehead atoms. The predicted molar refractivity (Wildman–Crippen MR) is 108 cm³/mol. The summed E-state index contributed by atoms with van der Waals surface area (Å²) >= 11 is 6.43. The maximum atomic E-state index is 12.9. The van der Waals surface area contributed by atoms with E-state index in [4.69, 9.17) is 16.3 Å². The van der Waals surface area contributed by atoms with Crippen LogP contribution < -0.4 is 4.72 Å². The van der Waals surface area contributed by atoms with Crippen LogP contribution in [0.3, 0.4) is 0 Å². The number of hydrogen-bond donors (Lipinski definition) is 1. The molecule has 152 valence electrons. The maximum absolute atomic E-state index is 12.9. The molecular formula is C19H30ClN3O3S. The lowest BCUT2D eigenvalue weighted by atomic mass is 9.96. The first-order chi connectivity index (χ1) is 13.0. The Morgan fingerprint density at radius 2 is 1.89 bits per heavy atom. The summed E-state index contributed by atoms with van der Waals surface area (Å²) in [6, 6.07) is 7.64. The van der Waals surface area contributed by atoms with Crippen LogP contribution in [0.15, 0.2) is 24.3 Å². The Labute approximate surface area is 168 Å². The molecule has 6 nitrogen and oxygen atoms in total. The van der Waals surface area contributed by atoms with Gasteiger partial charge < -0.3 is 4.74 Å². The lowest BCUT2D eigenvalue weighted by Crippen LogP contribution is -2.48. The highest BCUT2D eigenvalue weighted by atomic mass is 35.5. The van der Waals surface area contributed by atoms with E-state index < -0.39 is 10.2 Å². The third-order valence-electron chi connectivity index (χ3n) is 5.68. The topological polar surface area (TPSA) is 61.9 Å². The second kappa shape index (κ2) is 9.67. The Morgan fingerprint density at radius 1 is 1.22 bits per heavy atom. The molecule has 0 radical (unpaired) electrons. The van der Waals surface area contributed by atoms with E-state index in [1.54, 1.807) is 7.05 Å². The zero-order chi connectivity index (χ0) is 19.3. The Morgan fingerprint density at radius 3 is 2.56 bits per heavy atom. The van der Waals surface area contributed by atoms with Gasteiger partial charge in [0.15, 0.2) is 0 Å². The van der Waals surface area contributed by atoms with Crippen molar-refractivity contribution in [1.82, 2.24) is 13.9 Å². The minimum Gasteiger partial charge on any atom is -0.379 e. The van der Waals surface area contributed by atoms with Crippen LogP contribution in [0.5, 0.6) is 0 Å². The van der Waals surface area contributed by atoms with Crippen molar-refractivity contribution in [2.24, 2.45) is 0 Å². The van der Waals surface area contributed by atoms with Crippen LogP contribution in [0.1, 0.15) is 43.7 Å². The zero-order valence-corrected chi connectivity index (χ0v) is 17.5. The van der Waals surface area contributed by atoms with E-state index in [0.717, 1.165) is 44.3 Å². The molecule has 3 rings (SSSR count). The normalized spacial score (nSPS) is 21.4. The first-order valence-electron chi connectivity index (χ1n) is 9.78. The summed E-state index contributed by atoms with van der Waals surface area (Å²) in [5, 5.41) is 0.661. The Bertz CT molecular complexity index is 704. The summed E-state index contributed by atoms with van der Waals surface area (Å²) in [7, 11) is -1.84. The van der Waals surface area contributed by atoms with Crippen LogP contribution in [0.2, 0.25) is 5.02 Å². The third kappa shape index (κ3) is 5.43. The molecular weight excluding hydrogens is 386 g/mol. The molecule has 0 amide bonds. The van der Waals surface area contributed by atoms with Gasteiger partial charge in [-0.3, -0.25) is 4.90 Å².